The van der Waals surface area contributed by atoms with E-state index in [-0.39, 0.29) is 16.5 Å². The maximum Gasteiger partial charge on any atom is 0.416 e. The van der Waals surface area contributed by atoms with Crippen molar-refractivity contribution in [3.05, 3.63) is 70.5 Å². The number of hydrogen-bond acceptors (Lipinski definition) is 3. The maximum absolute atomic E-state index is 12.8. The van der Waals surface area contributed by atoms with Crippen LogP contribution < -0.4 is 0 Å². The third-order valence-corrected chi connectivity index (χ3v) is 4.89. The van der Waals surface area contributed by atoms with E-state index in [9.17, 15) is 18.0 Å². The van der Waals surface area contributed by atoms with Gasteiger partial charge in [0.05, 0.1) is 5.56 Å². The molecule has 0 aliphatic carbocycles. The van der Waals surface area contributed by atoms with E-state index in [1.807, 2.05) is 18.3 Å². The minimum Gasteiger partial charge on any atom is -0.337 e. The molecule has 1 aliphatic rings. The predicted octanol–water partition coefficient (Wildman–Crippen LogP) is 4.11. The van der Waals surface area contributed by atoms with Gasteiger partial charge in [-0.25, -0.2) is 0 Å². The molecule has 4 nitrogen and oxygen atoms in total. The molecule has 0 atom stereocenters. The number of aromatic nitrogens is 1. The Balaban J connectivity index is 1.57. The van der Waals surface area contributed by atoms with Gasteiger partial charge in [0, 0.05) is 56.2 Å². The molecule has 3 rings (SSSR count). The second-order valence-corrected chi connectivity index (χ2v) is 6.94. The van der Waals surface area contributed by atoms with Crippen molar-refractivity contribution >= 4 is 23.6 Å². The first kappa shape index (κ1) is 20.4. The molecule has 2 heterocycles. The van der Waals surface area contributed by atoms with Crippen LogP contribution in [0.25, 0.3) is 6.08 Å². The zero-order valence-corrected chi connectivity index (χ0v) is 15.7. The lowest BCUT2D eigenvalue weighted by Crippen LogP contribution is -2.47. The molecule has 1 saturated heterocycles. The van der Waals surface area contributed by atoms with E-state index < -0.39 is 11.7 Å². The number of carbonyl (C=O) groups is 1. The van der Waals surface area contributed by atoms with Crippen molar-refractivity contribution in [2.45, 2.75) is 12.7 Å². The molecule has 8 heteroatoms. The van der Waals surface area contributed by atoms with Crippen molar-refractivity contribution in [2.24, 2.45) is 0 Å². The summed E-state index contributed by atoms with van der Waals surface area (Å²) in [6.45, 7) is 3.32. The van der Waals surface area contributed by atoms with E-state index in [0.717, 1.165) is 37.3 Å². The Kier molecular flexibility index (Phi) is 6.36. The number of amides is 1. The highest BCUT2D eigenvalue weighted by Gasteiger charge is 2.30. The average Bonchev–Trinajstić information content (AvgIpc) is 2.67. The zero-order valence-electron chi connectivity index (χ0n) is 15.0. The number of pyridine rings is 1. The number of nitrogens with zero attached hydrogens (tertiary/aromatic N) is 3. The van der Waals surface area contributed by atoms with Crippen molar-refractivity contribution in [3.63, 3.8) is 0 Å². The first-order valence-corrected chi connectivity index (χ1v) is 9.16. The highest BCUT2D eigenvalue weighted by molar-refractivity contribution is 6.32. The third-order valence-electron chi connectivity index (χ3n) is 4.54. The molecule has 0 unspecified atom stereocenters. The fourth-order valence-corrected chi connectivity index (χ4v) is 3.17. The number of piperazine rings is 1. The number of alkyl halides is 3. The highest BCUT2D eigenvalue weighted by Crippen LogP contribution is 2.32. The molecule has 1 aliphatic heterocycles. The minimum atomic E-state index is -4.46. The quantitative estimate of drug-likeness (QED) is 0.713. The van der Waals surface area contributed by atoms with Crippen LogP contribution in [0.3, 0.4) is 0 Å². The third kappa shape index (κ3) is 5.33. The van der Waals surface area contributed by atoms with Crippen LogP contribution in [-0.4, -0.2) is 46.9 Å². The van der Waals surface area contributed by atoms with Crippen LogP contribution in [-0.2, 0) is 17.5 Å². The summed E-state index contributed by atoms with van der Waals surface area (Å²) in [5.74, 6) is -0.241. The van der Waals surface area contributed by atoms with Gasteiger partial charge in [0.25, 0.3) is 0 Å². The summed E-state index contributed by atoms with van der Waals surface area (Å²) in [7, 11) is 0. The second kappa shape index (κ2) is 8.75. The molecule has 1 aromatic carbocycles. The molecule has 1 amide bonds. The number of benzene rings is 1. The first-order chi connectivity index (χ1) is 13.3. The van der Waals surface area contributed by atoms with Crippen LogP contribution in [0.5, 0.6) is 0 Å². The Morgan fingerprint density at radius 2 is 1.93 bits per heavy atom. The highest BCUT2D eigenvalue weighted by atomic mass is 35.5. The molecule has 1 fully saturated rings. The van der Waals surface area contributed by atoms with Crippen molar-refractivity contribution in [3.8, 4) is 0 Å². The van der Waals surface area contributed by atoms with Crippen molar-refractivity contribution in [2.75, 3.05) is 26.2 Å². The van der Waals surface area contributed by atoms with Gasteiger partial charge < -0.3 is 4.90 Å². The SMILES string of the molecule is O=C(/C=C/c1cc(C(F)(F)F)ccc1Cl)N1CCN(Cc2cccnc2)CC1. The smallest absolute Gasteiger partial charge is 0.337 e. The van der Waals surface area contributed by atoms with Crippen LogP contribution in [0, 0.1) is 0 Å². The first-order valence-electron chi connectivity index (χ1n) is 8.78. The summed E-state index contributed by atoms with van der Waals surface area (Å²) in [5.41, 5.74) is 0.481. The van der Waals surface area contributed by atoms with Gasteiger partial charge in [-0.1, -0.05) is 17.7 Å². The summed E-state index contributed by atoms with van der Waals surface area (Å²) >= 11 is 5.96. The molecule has 2 aromatic rings. The summed E-state index contributed by atoms with van der Waals surface area (Å²) in [4.78, 5) is 20.4. The van der Waals surface area contributed by atoms with E-state index >= 15 is 0 Å². The van der Waals surface area contributed by atoms with Gasteiger partial charge in [-0.3, -0.25) is 14.7 Å². The lowest BCUT2D eigenvalue weighted by Gasteiger charge is -2.34. The monoisotopic (exact) mass is 409 g/mol. The van der Waals surface area contributed by atoms with Gasteiger partial charge >= 0.3 is 6.18 Å². The fourth-order valence-electron chi connectivity index (χ4n) is 2.99. The van der Waals surface area contributed by atoms with Crippen molar-refractivity contribution in [1.82, 2.24) is 14.8 Å². The normalized spacial score (nSPS) is 15.9. The fraction of sp³-hybridized carbons (Fsp3) is 0.300. The van der Waals surface area contributed by atoms with E-state index in [2.05, 4.69) is 9.88 Å². The molecule has 1 aromatic heterocycles. The number of halogens is 4. The topological polar surface area (TPSA) is 36.4 Å². The molecule has 0 saturated carbocycles. The van der Waals surface area contributed by atoms with E-state index in [1.165, 1.54) is 18.2 Å². The number of carbonyl (C=O) groups excluding carboxylic acids is 1. The standard InChI is InChI=1S/C20H19ClF3N3O/c21-18-5-4-17(20(22,23)24)12-16(18)3-6-19(28)27-10-8-26(9-11-27)14-15-2-1-7-25-13-15/h1-7,12-13H,8-11,14H2/b6-3+. The summed E-state index contributed by atoms with van der Waals surface area (Å²) in [6.07, 6.45) is 1.70. The van der Waals surface area contributed by atoms with Gasteiger partial charge in [0.15, 0.2) is 0 Å². The molecule has 0 radical (unpaired) electrons. The predicted molar refractivity (Wildman–Crippen MR) is 102 cm³/mol. The van der Waals surface area contributed by atoms with E-state index in [4.69, 9.17) is 11.6 Å². The Morgan fingerprint density at radius 1 is 1.18 bits per heavy atom. The number of hydrogen-bond donors (Lipinski definition) is 0. The van der Waals surface area contributed by atoms with Gasteiger partial charge in [-0.2, -0.15) is 13.2 Å². The Bertz CT molecular complexity index is 848. The number of rotatable bonds is 4. The Morgan fingerprint density at radius 3 is 2.57 bits per heavy atom. The Labute approximate surface area is 166 Å². The maximum atomic E-state index is 12.8. The van der Waals surface area contributed by atoms with Crippen molar-refractivity contribution in [1.29, 1.82) is 0 Å². The van der Waals surface area contributed by atoms with Gasteiger partial charge in [-0.15, -0.1) is 0 Å². The molecular formula is C20H19ClF3N3O. The minimum absolute atomic E-state index is 0.165. The largest absolute Gasteiger partial charge is 0.416 e. The molecule has 0 N–H and O–H groups in total. The van der Waals surface area contributed by atoms with Crippen LogP contribution in [0.15, 0.2) is 48.8 Å². The zero-order chi connectivity index (χ0) is 20.1. The van der Waals surface area contributed by atoms with Crippen LogP contribution in [0.1, 0.15) is 16.7 Å². The molecule has 28 heavy (non-hydrogen) atoms. The molecule has 0 bridgehead atoms. The summed E-state index contributed by atoms with van der Waals surface area (Å²) < 4.78 is 38.5. The van der Waals surface area contributed by atoms with Gasteiger partial charge in [-0.05, 0) is 41.5 Å². The Hall–Kier alpha value is -2.38. The second-order valence-electron chi connectivity index (χ2n) is 6.53. The molecule has 148 valence electrons. The summed E-state index contributed by atoms with van der Waals surface area (Å²) in [5, 5.41) is 0.165. The molecule has 0 spiro atoms. The lowest BCUT2D eigenvalue weighted by atomic mass is 10.1. The van der Waals surface area contributed by atoms with Gasteiger partial charge in [0.2, 0.25) is 5.91 Å². The van der Waals surface area contributed by atoms with Crippen LogP contribution >= 0.6 is 11.6 Å². The van der Waals surface area contributed by atoms with Crippen LogP contribution in [0.4, 0.5) is 13.2 Å². The van der Waals surface area contributed by atoms with E-state index in [0.29, 0.717) is 13.1 Å². The average molecular weight is 410 g/mol. The summed E-state index contributed by atoms with van der Waals surface area (Å²) in [6, 6.07) is 6.94. The lowest BCUT2D eigenvalue weighted by molar-refractivity contribution is -0.137. The van der Waals surface area contributed by atoms with Crippen molar-refractivity contribution < 1.29 is 18.0 Å². The van der Waals surface area contributed by atoms with E-state index in [1.54, 1.807) is 11.1 Å². The molecular weight excluding hydrogens is 391 g/mol. The van der Waals surface area contributed by atoms with Crippen LogP contribution in [0.2, 0.25) is 5.02 Å². The van der Waals surface area contributed by atoms with Gasteiger partial charge in [0.1, 0.15) is 0 Å².